The molecule has 0 aromatic rings. The van der Waals surface area contributed by atoms with Gasteiger partial charge in [-0.3, -0.25) is 4.79 Å². The van der Waals surface area contributed by atoms with E-state index in [0.717, 1.165) is 18.3 Å². The zero-order chi connectivity index (χ0) is 7.98. The summed E-state index contributed by atoms with van der Waals surface area (Å²) in [6.07, 6.45) is 4.40. The summed E-state index contributed by atoms with van der Waals surface area (Å²) in [5.74, 6) is 0. The van der Waals surface area contributed by atoms with Crippen LogP contribution in [0.5, 0.6) is 0 Å². The van der Waals surface area contributed by atoms with Crippen LogP contribution in [-0.2, 0) is 4.79 Å². The Morgan fingerprint density at radius 1 is 1.40 bits per heavy atom. The molecule has 10 heavy (non-hydrogen) atoms. The number of hydrogen-bond donors (Lipinski definition) is 0. The normalized spacial score (nSPS) is 12.7. The first-order chi connectivity index (χ1) is 4.72. The van der Waals surface area contributed by atoms with E-state index < -0.39 is 0 Å². The first kappa shape index (κ1) is 9.41. The van der Waals surface area contributed by atoms with Gasteiger partial charge in [0.1, 0.15) is 6.29 Å². The number of allylic oxidation sites excluding steroid dienone is 2. The van der Waals surface area contributed by atoms with Crippen LogP contribution in [0.3, 0.4) is 0 Å². The molecule has 0 amide bonds. The Morgan fingerprint density at radius 3 is 2.40 bits per heavy atom. The molecule has 0 aromatic carbocycles. The Morgan fingerprint density at radius 2 is 2.00 bits per heavy atom. The third-order valence-electron chi connectivity index (χ3n) is 1.76. The molecule has 0 rings (SSSR count). The molecule has 0 aromatic heterocycles. The zero-order valence-corrected chi connectivity index (χ0v) is 7.11. The van der Waals surface area contributed by atoms with E-state index in [9.17, 15) is 4.79 Å². The van der Waals surface area contributed by atoms with Crippen LogP contribution >= 0.6 is 0 Å². The van der Waals surface area contributed by atoms with Crippen molar-refractivity contribution in [2.24, 2.45) is 0 Å². The van der Waals surface area contributed by atoms with Crippen LogP contribution in [0.2, 0.25) is 0 Å². The lowest BCUT2D eigenvalue weighted by Gasteiger charge is -1.99. The van der Waals surface area contributed by atoms with Gasteiger partial charge in [-0.25, -0.2) is 0 Å². The predicted molar refractivity (Wildman–Crippen MR) is 44.0 cm³/mol. The Kier molecular flexibility index (Phi) is 4.91. The fourth-order valence-electron chi connectivity index (χ4n) is 0.740. The highest BCUT2D eigenvalue weighted by molar-refractivity contribution is 5.73. The van der Waals surface area contributed by atoms with Crippen molar-refractivity contribution in [1.82, 2.24) is 0 Å². The SMILES string of the molecule is CCCC/C(C)=C(\C)C=O. The second-order valence-electron chi connectivity index (χ2n) is 2.68. The molecule has 0 N–H and O–H groups in total. The molecule has 0 unspecified atom stereocenters. The Balaban J connectivity index is 3.79. The number of aldehydes is 1. The lowest BCUT2D eigenvalue weighted by atomic mass is 10.1. The maximum Gasteiger partial charge on any atom is 0.145 e. The lowest BCUT2D eigenvalue weighted by Crippen LogP contribution is -1.85. The number of unbranched alkanes of at least 4 members (excludes halogenated alkanes) is 1. The Bertz CT molecular complexity index is 134. The minimum absolute atomic E-state index is 0.897. The van der Waals surface area contributed by atoms with Crippen molar-refractivity contribution in [2.45, 2.75) is 40.0 Å². The summed E-state index contributed by atoms with van der Waals surface area (Å²) in [5.41, 5.74) is 2.13. The molecule has 0 heterocycles. The largest absolute Gasteiger partial charge is 0.298 e. The minimum Gasteiger partial charge on any atom is -0.298 e. The highest BCUT2D eigenvalue weighted by atomic mass is 16.1. The highest BCUT2D eigenvalue weighted by Crippen LogP contribution is 2.09. The van der Waals surface area contributed by atoms with Crippen molar-refractivity contribution < 1.29 is 4.79 Å². The van der Waals surface area contributed by atoms with E-state index in [-0.39, 0.29) is 0 Å². The van der Waals surface area contributed by atoms with Crippen LogP contribution in [0, 0.1) is 0 Å². The number of rotatable bonds is 4. The summed E-state index contributed by atoms with van der Waals surface area (Å²) in [5, 5.41) is 0. The Labute approximate surface area is 63.1 Å². The maximum atomic E-state index is 10.3. The standard InChI is InChI=1S/C9H16O/c1-4-5-6-8(2)9(3)7-10/h7H,4-6H2,1-3H3/b9-8+. The number of carbonyl (C=O) groups is 1. The van der Waals surface area contributed by atoms with E-state index >= 15 is 0 Å². The van der Waals surface area contributed by atoms with E-state index in [4.69, 9.17) is 0 Å². The topological polar surface area (TPSA) is 17.1 Å². The molecule has 0 radical (unpaired) electrons. The van der Waals surface area contributed by atoms with Crippen molar-refractivity contribution >= 4 is 6.29 Å². The monoisotopic (exact) mass is 140 g/mol. The summed E-state index contributed by atoms with van der Waals surface area (Å²) in [4.78, 5) is 10.3. The molecule has 58 valence electrons. The molecule has 0 saturated heterocycles. The van der Waals surface area contributed by atoms with E-state index in [1.54, 1.807) is 0 Å². The van der Waals surface area contributed by atoms with Gasteiger partial charge in [0.15, 0.2) is 0 Å². The van der Waals surface area contributed by atoms with E-state index in [0.29, 0.717) is 0 Å². The predicted octanol–water partition coefficient (Wildman–Crippen LogP) is 2.71. The molecule has 1 nitrogen and oxygen atoms in total. The van der Waals surface area contributed by atoms with Gasteiger partial charge in [0, 0.05) is 0 Å². The van der Waals surface area contributed by atoms with Crippen molar-refractivity contribution in [2.75, 3.05) is 0 Å². The summed E-state index contributed by atoms with van der Waals surface area (Å²) >= 11 is 0. The molecule has 0 atom stereocenters. The summed E-state index contributed by atoms with van der Waals surface area (Å²) < 4.78 is 0. The fraction of sp³-hybridized carbons (Fsp3) is 0.667. The van der Waals surface area contributed by atoms with Gasteiger partial charge in [-0.05, 0) is 32.3 Å². The van der Waals surface area contributed by atoms with Crippen LogP contribution in [0.1, 0.15) is 40.0 Å². The third-order valence-corrected chi connectivity index (χ3v) is 1.76. The lowest BCUT2D eigenvalue weighted by molar-refractivity contribution is -0.104. The van der Waals surface area contributed by atoms with E-state index in [1.807, 2.05) is 13.8 Å². The number of carbonyl (C=O) groups excluding carboxylic acids is 1. The fourth-order valence-corrected chi connectivity index (χ4v) is 0.740. The quantitative estimate of drug-likeness (QED) is 0.433. The van der Waals surface area contributed by atoms with Gasteiger partial charge in [-0.1, -0.05) is 18.9 Å². The highest BCUT2D eigenvalue weighted by Gasteiger charge is 1.93. The van der Waals surface area contributed by atoms with Crippen LogP contribution < -0.4 is 0 Å². The molecule has 0 aliphatic heterocycles. The average molecular weight is 140 g/mol. The molecule has 0 saturated carbocycles. The molecule has 1 heteroatoms. The van der Waals surface area contributed by atoms with Crippen molar-refractivity contribution in [3.8, 4) is 0 Å². The molecule has 0 fully saturated rings. The summed E-state index contributed by atoms with van der Waals surface area (Å²) in [6, 6.07) is 0. The van der Waals surface area contributed by atoms with Gasteiger partial charge in [-0.15, -0.1) is 0 Å². The van der Waals surface area contributed by atoms with Gasteiger partial charge >= 0.3 is 0 Å². The third kappa shape index (κ3) is 3.44. The van der Waals surface area contributed by atoms with Crippen LogP contribution in [-0.4, -0.2) is 6.29 Å². The first-order valence-electron chi connectivity index (χ1n) is 3.84. The minimum atomic E-state index is 0.897. The van der Waals surface area contributed by atoms with Crippen molar-refractivity contribution in [3.63, 3.8) is 0 Å². The average Bonchev–Trinajstić information content (AvgIpc) is 1.98. The van der Waals surface area contributed by atoms with Gasteiger partial charge in [-0.2, -0.15) is 0 Å². The summed E-state index contributed by atoms with van der Waals surface area (Å²) in [6.45, 7) is 6.06. The van der Waals surface area contributed by atoms with Crippen molar-refractivity contribution in [3.05, 3.63) is 11.1 Å². The van der Waals surface area contributed by atoms with Gasteiger partial charge in [0.2, 0.25) is 0 Å². The van der Waals surface area contributed by atoms with Crippen LogP contribution in [0.4, 0.5) is 0 Å². The summed E-state index contributed by atoms with van der Waals surface area (Å²) in [7, 11) is 0. The van der Waals surface area contributed by atoms with E-state index in [2.05, 4.69) is 6.92 Å². The van der Waals surface area contributed by atoms with Gasteiger partial charge in [0.05, 0.1) is 0 Å². The first-order valence-corrected chi connectivity index (χ1v) is 3.84. The van der Waals surface area contributed by atoms with Gasteiger partial charge < -0.3 is 0 Å². The molecule has 0 aliphatic rings. The zero-order valence-electron chi connectivity index (χ0n) is 7.11. The molecular weight excluding hydrogens is 124 g/mol. The maximum absolute atomic E-state index is 10.3. The molecular formula is C9H16O. The van der Waals surface area contributed by atoms with Crippen LogP contribution in [0.15, 0.2) is 11.1 Å². The van der Waals surface area contributed by atoms with Crippen LogP contribution in [0.25, 0.3) is 0 Å². The van der Waals surface area contributed by atoms with E-state index in [1.165, 1.54) is 18.4 Å². The molecule has 0 spiro atoms. The number of hydrogen-bond acceptors (Lipinski definition) is 1. The van der Waals surface area contributed by atoms with Crippen molar-refractivity contribution in [1.29, 1.82) is 0 Å². The second-order valence-corrected chi connectivity index (χ2v) is 2.68. The second kappa shape index (κ2) is 5.21. The van der Waals surface area contributed by atoms with Gasteiger partial charge in [0.25, 0.3) is 0 Å². The Hall–Kier alpha value is -0.590. The molecule has 0 bridgehead atoms. The smallest absolute Gasteiger partial charge is 0.145 e. The molecule has 0 aliphatic carbocycles.